The van der Waals surface area contributed by atoms with Crippen molar-refractivity contribution in [1.29, 1.82) is 0 Å². The van der Waals surface area contributed by atoms with E-state index in [1.807, 2.05) is 12.1 Å². The molecule has 0 amide bonds. The molecule has 0 aliphatic rings. The van der Waals surface area contributed by atoms with Crippen LogP contribution in [0.15, 0.2) is 22.7 Å². The van der Waals surface area contributed by atoms with Gasteiger partial charge in [0.25, 0.3) is 0 Å². The summed E-state index contributed by atoms with van der Waals surface area (Å²) in [5.41, 5.74) is 3.10. The molecular formula is C10H11NOS. The zero-order valence-corrected chi connectivity index (χ0v) is 8.34. The maximum absolute atomic E-state index is 5.17. The Kier molecular flexibility index (Phi) is 2.27. The van der Waals surface area contributed by atoms with E-state index in [0.717, 1.165) is 28.8 Å². The third-order valence-corrected chi connectivity index (χ3v) is 2.27. The van der Waals surface area contributed by atoms with Gasteiger partial charge >= 0.3 is 0 Å². The SMILES string of the molecule is Cc1ccc2onc(CCS)c2c1. The van der Waals surface area contributed by atoms with Gasteiger partial charge in [0.1, 0.15) is 0 Å². The minimum Gasteiger partial charge on any atom is -0.356 e. The first-order valence-corrected chi connectivity index (χ1v) is 4.90. The third-order valence-electron chi connectivity index (χ3n) is 2.05. The Morgan fingerprint density at radius 2 is 2.31 bits per heavy atom. The van der Waals surface area contributed by atoms with E-state index in [0.29, 0.717) is 0 Å². The Hall–Kier alpha value is -0.960. The Balaban J connectivity index is 2.58. The number of fused-ring (bicyclic) bond motifs is 1. The van der Waals surface area contributed by atoms with Gasteiger partial charge in [0.2, 0.25) is 0 Å². The molecule has 2 aromatic rings. The summed E-state index contributed by atoms with van der Waals surface area (Å²) < 4.78 is 5.17. The molecule has 0 unspecified atom stereocenters. The number of benzene rings is 1. The molecule has 0 bridgehead atoms. The van der Waals surface area contributed by atoms with Crippen LogP contribution in [0.3, 0.4) is 0 Å². The van der Waals surface area contributed by atoms with Crippen molar-refractivity contribution >= 4 is 23.6 Å². The molecule has 0 N–H and O–H groups in total. The number of hydrogen-bond donors (Lipinski definition) is 1. The first kappa shape index (κ1) is 8.63. The van der Waals surface area contributed by atoms with E-state index in [9.17, 15) is 0 Å². The van der Waals surface area contributed by atoms with Gasteiger partial charge in [0.05, 0.1) is 5.69 Å². The van der Waals surface area contributed by atoms with E-state index < -0.39 is 0 Å². The van der Waals surface area contributed by atoms with Gasteiger partial charge < -0.3 is 4.52 Å². The molecule has 0 aliphatic heterocycles. The quantitative estimate of drug-likeness (QED) is 0.742. The Labute approximate surface area is 82.3 Å². The lowest BCUT2D eigenvalue weighted by molar-refractivity contribution is 0.447. The molecule has 0 saturated heterocycles. The predicted molar refractivity (Wildman–Crippen MR) is 56.3 cm³/mol. The number of rotatable bonds is 2. The Bertz CT molecular complexity index is 422. The normalized spacial score (nSPS) is 10.9. The summed E-state index contributed by atoms with van der Waals surface area (Å²) in [4.78, 5) is 0. The van der Waals surface area contributed by atoms with E-state index in [1.54, 1.807) is 0 Å². The van der Waals surface area contributed by atoms with E-state index in [-0.39, 0.29) is 0 Å². The summed E-state index contributed by atoms with van der Waals surface area (Å²) >= 11 is 4.18. The highest BCUT2D eigenvalue weighted by molar-refractivity contribution is 7.80. The van der Waals surface area contributed by atoms with Crippen LogP contribution in [0.2, 0.25) is 0 Å². The van der Waals surface area contributed by atoms with Crippen molar-refractivity contribution in [2.45, 2.75) is 13.3 Å². The van der Waals surface area contributed by atoms with Crippen molar-refractivity contribution in [3.8, 4) is 0 Å². The van der Waals surface area contributed by atoms with Gasteiger partial charge in [0, 0.05) is 11.8 Å². The minimum absolute atomic E-state index is 0.801. The summed E-state index contributed by atoms with van der Waals surface area (Å²) in [5, 5.41) is 5.12. The highest BCUT2D eigenvalue weighted by Gasteiger charge is 2.06. The van der Waals surface area contributed by atoms with Crippen LogP contribution in [0.1, 0.15) is 11.3 Å². The molecule has 1 heterocycles. The van der Waals surface area contributed by atoms with E-state index in [4.69, 9.17) is 4.52 Å². The molecule has 1 aromatic heterocycles. The number of hydrogen-bond acceptors (Lipinski definition) is 3. The predicted octanol–water partition coefficient (Wildman–Crippen LogP) is 2.61. The molecule has 2 nitrogen and oxygen atoms in total. The van der Waals surface area contributed by atoms with Crippen molar-refractivity contribution < 1.29 is 4.52 Å². The van der Waals surface area contributed by atoms with Gasteiger partial charge in [-0.2, -0.15) is 12.6 Å². The first-order valence-electron chi connectivity index (χ1n) is 4.27. The molecule has 0 radical (unpaired) electrons. The minimum atomic E-state index is 0.801. The van der Waals surface area contributed by atoms with E-state index in [1.165, 1.54) is 5.56 Å². The van der Waals surface area contributed by atoms with Crippen LogP contribution < -0.4 is 0 Å². The summed E-state index contributed by atoms with van der Waals surface area (Å²) in [6.07, 6.45) is 0.861. The van der Waals surface area contributed by atoms with E-state index in [2.05, 4.69) is 30.8 Å². The number of aryl methyl sites for hydroxylation is 2. The number of thiol groups is 1. The van der Waals surface area contributed by atoms with Gasteiger partial charge in [-0.1, -0.05) is 16.8 Å². The summed E-state index contributed by atoms with van der Waals surface area (Å²) in [6.45, 7) is 2.07. The van der Waals surface area contributed by atoms with Crippen LogP contribution in [-0.2, 0) is 6.42 Å². The molecule has 1 aromatic carbocycles. The lowest BCUT2D eigenvalue weighted by atomic mass is 10.1. The second-order valence-electron chi connectivity index (χ2n) is 3.10. The molecule has 0 saturated carbocycles. The van der Waals surface area contributed by atoms with Crippen LogP contribution in [0.4, 0.5) is 0 Å². The van der Waals surface area contributed by atoms with Gasteiger partial charge in [-0.15, -0.1) is 0 Å². The summed E-state index contributed by atoms with van der Waals surface area (Å²) in [6, 6.07) is 6.09. The molecular weight excluding hydrogens is 182 g/mol. The average molecular weight is 193 g/mol. The first-order chi connectivity index (χ1) is 6.31. The standard InChI is InChI=1S/C10H11NOS/c1-7-2-3-10-8(6-7)9(4-5-13)11-12-10/h2-3,6,13H,4-5H2,1H3. The van der Waals surface area contributed by atoms with Crippen molar-refractivity contribution in [2.24, 2.45) is 0 Å². The molecule has 2 rings (SSSR count). The third kappa shape index (κ3) is 1.56. The van der Waals surface area contributed by atoms with Crippen LogP contribution in [0.5, 0.6) is 0 Å². The smallest absolute Gasteiger partial charge is 0.167 e. The lowest BCUT2D eigenvalue weighted by Crippen LogP contribution is -1.86. The van der Waals surface area contributed by atoms with Gasteiger partial charge in [-0.05, 0) is 24.8 Å². The second-order valence-corrected chi connectivity index (χ2v) is 3.55. The fourth-order valence-electron chi connectivity index (χ4n) is 1.39. The highest BCUT2D eigenvalue weighted by Crippen LogP contribution is 2.20. The number of aromatic nitrogens is 1. The molecule has 0 fully saturated rings. The zero-order chi connectivity index (χ0) is 9.26. The molecule has 0 atom stereocenters. The maximum Gasteiger partial charge on any atom is 0.167 e. The van der Waals surface area contributed by atoms with Crippen molar-refractivity contribution in [1.82, 2.24) is 5.16 Å². The average Bonchev–Trinajstić information content (AvgIpc) is 2.49. The monoisotopic (exact) mass is 193 g/mol. The summed E-state index contributed by atoms with van der Waals surface area (Å²) in [7, 11) is 0. The van der Waals surface area contributed by atoms with Gasteiger partial charge in [-0.3, -0.25) is 0 Å². The second kappa shape index (κ2) is 3.42. The largest absolute Gasteiger partial charge is 0.356 e. The Morgan fingerprint density at radius 1 is 1.46 bits per heavy atom. The molecule has 68 valence electrons. The zero-order valence-electron chi connectivity index (χ0n) is 7.45. The molecule has 3 heteroatoms. The summed E-state index contributed by atoms with van der Waals surface area (Å²) in [5.74, 6) is 0.801. The van der Waals surface area contributed by atoms with Gasteiger partial charge in [-0.25, -0.2) is 0 Å². The molecule has 13 heavy (non-hydrogen) atoms. The van der Waals surface area contributed by atoms with Crippen LogP contribution in [0, 0.1) is 6.92 Å². The molecule has 0 aliphatic carbocycles. The molecule has 0 spiro atoms. The fraction of sp³-hybridized carbons (Fsp3) is 0.300. The maximum atomic E-state index is 5.17. The Morgan fingerprint density at radius 3 is 3.08 bits per heavy atom. The van der Waals surface area contributed by atoms with Crippen molar-refractivity contribution in [3.05, 3.63) is 29.5 Å². The fourth-order valence-corrected chi connectivity index (χ4v) is 1.60. The van der Waals surface area contributed by atoms with Crippen molar-refractivity contribution in [3.63, 3.8) is 0 Å². The topological polar surface area (TPSA) is 26.0 Å². The highest BCUT2D eigenvalue weighted by atomic mass is 32.1. The van der Waals surface area contributed by atoms with Crippen LogP contribution in [0.25, 0.3) is 11.0 Å². The van der Waals surface area contributed by atoms with Crippen LogP contribution >= 0.6 is 12.6 Å². The van der Waals surface area contributed by atoms with E-state index >= 15 is 0 Å². The lowest BCUT2D eigenvalue weighted by Gasteiger charge is -1.92. The number of nitrogens with zero attached hydrogens (tertiary/aromatic N) is 1. The van der Waals surface area contributed by atoms with Crippen molar-refractivity contribution in [2.75, 3.05) is 5.75 Å². The van der Waals surface area contributed by atoms with Crippen LogP contribution in [-0.4, -0.2) is 10.9 Å². The van der Waals surface area contributed by atoms with Gasteiger partial charge in [0.15, 0.2) is 5.58 Å².